The quantitative estimate of drug-likeness (QED) is 0.851. The molecule has 1 heterocycles. The van der Waals surface area contributed by atoms with E-state index < -0.39 is 6.10 Å². The van der Waals surface area contributed by atoms with Crippen LogP contribution in [0.15, 0.2) is 40.8 Å². The summed E-state index contributed by atoms with van der Waals surface area (Å²) in [7, 11) is 1.63. The van der Waals surface area contributed by atoms with Crippen molar-refractivity contribution < 1.29 is 14.3 Å². The van der Waals surface area contributed by atoms with Gasteiger partial charge in [-0.05, 0) is 43.7 Å². The summed E-state index contributed by atoms with van der Waals surface area (Å²) < 4.78 is 10.7. The number of nitrogens with one attached hydrogen (secondary N) is 1. The Balaban J connectivity index is 1.89. The fourth-order valence-corrected chi connectivity index (χ4v) is 2.02. The van der Waals surface area contributed by atoms with Gasteiger partial charge in [-0.15, -0.1) is 0 Å². The molecule has 0 bridgehead atoms. The van der Waals surface area contributed by atoms with Crippen LogP contribution in [-0.4, -0.2) is 18.8 Å². The number of aliphatic hydroxyl groups is 1. The van der Waals surface area contributed by atoms with E-state index in [1.807, 2.05) is 50.2 Å². The minimum Gasteiger partial charge on any atom is -0.497 e. The number of methoxy groups -OCH3 is 1. The first kappa shape index (κ1) is 14.6. The Morgan fingerprint density at radius 3 is 2.45 bits per heavy atom. The fraction of sp³-hybridized carbons (Fsp3) is 0.375. The lowest BCUT2D eigenvalue weighted by atomic mass is 10.1. The van der Waals surface area contributed by atoms with E-state index in [0.29, 0.717) is 6.54 Å². The second kappa shape index (κ2) is 6.59. The zero-order valence-corrected chi connectivity index (χ0v) is 12.1. The van der Waals surface area contributed by atoms with Gasteiger partial charge in [-0.2, -0.15) is 0 Å². The van der Waals surface area contributed by atoms with Crippen molar-refractivity contribution in [2.24, 2.45) is 0 Å². The molecule has 2 unspecified atom stereocenters. The summed E-state index contributed by atoms with van der Waals surface area (Å²) in [5.74, 6) is 2.56. The third kappa shape index (κ3) is 3.62. The van der Waals surface area contributed by atoms with Crippen LogP contribution < -0.4 is 10.1 Å². The van der Waals surface area contributed by atoms with Crippen LogP contribution in [0.5, 0.6) is 5.75 Å². The van der Waals surface area contributed by atoms with Gasteiger partial charge in [-0.25, -0.2) is 0 Å². The summed E-state index contributed by atoms with van der Waals surface area (Å²) >= 11 is 0. The zero-order chi connectivity index (χ0) is 14.5. The molecule has 4 nitrogen and oxygen atoms in total. The molecule has 0 radical (unpaired) electrons. The molecule has 1 aromatic carbocycles. The van der Waals surface area contributed by atoms with Crippen molar-refractivity contribution in [1.29, 1.82) is 0 Å². The number of furan rings is 1. The van der Waals surface area contributed by atoms with Crippen LogP contribution in [0.4, 0.5) is 0 Å². The number of aryl methyl sites for hydroxylation is 1. The summed E-state index contributed by atoms with van der Waals surface area (Å²) in [4.78, 5) is 0. The summed E-state index contributed by atoms with van der Waals surface area (Å²) in [6.45, 7) is 4.40. The Morgan fingerprint density at radius 1 is 1.20 bits per heavy atom. The summed E-state index contributed by atoms with van der Waals surface area (Å²) in [6.07, 6.45) is -0.556. The lowest BCUT2D eigenvalue weighted by Gasteiger charge is -2.16. The molecule has 1 aromatic heterocycles. The third-order valence-electron chi connectivity index (χ3n) is 3.31. The molecule has 0 spiro atoms. The third-order valence-corrected chi connectivity index (χ3v) is 3.31. The highest BCUT2D eigenvalue weighted by Crippen LogP contribution is 2.19. The molecule has 0 saturated carbocycles. The van der Waals surface area contributed by atoms with Crippen LogP contribution in [0, 0.1) is 6.92 Å². The van der Waals surface area contributed by atoms with Gasteiger partial charge in [-0.1, -0.05) is 12.1 Å². The molecule has 0 aliphatic carbocycles. The molecule has 108 valence electrons. The topological polar surface area (TPSA) is 54.6 Å². The Labute approximate surface area is 119 Å². The second-order valence-electron chi connectivity index (χ2n) is 4.87. The number of hydrogen-bond acceptors (Lipinski definition) is 4. The standard InChI is InChI=1S/C16H21NO3/c1-11-4-9-16(20-11)12(2)17-10-15(18)13-5-7-14(19-3)8-6-13/h4-9,12,15,17-18H,10H2,1-3H3. The van der Waals surface area contributed by atoms with Crippen molar-refractivity contribution in [3.63, 3.8) is 0 Å². The SMILES string of the molecule is COc1ccc(C(O)CNC(C)c2ccc(C)o2)cc1. The van der Waals surface area contributed by atoms with Gasteiger partial charge in [0.15, 0.2) is 0 Å². The van der Waals surface area contributed by atoms with E-state index in [2.05, 4.69) is 5.32 Å². The first-order chi connectivity index (χ1) is 9.60. The molecule has 0 amide bonds. The Hall–Kier alpha value is -1.78. The predicted octanol–water partition coefficient (Wildman–Crippen LogP) is 2.98. The van der Waals surface area contributed by atoms with Gasteiger partial charge in [0.1, 0.15) is 17.3 Å². The fourth-order valence-electron chi connectivity index (χ4n) is 2.02. The molecule has 0 fully saturated rings. The van der Waals surface area contributed by atoms with Crippen LogP contribution >= 0.6 is 0 Å². The summed E-state index contributed by atoms with van der Waals surface area (Å²) in [5, 5.41) is 13.4. The minimum atomic E-state index is -0.556. The van der Waals surface area contributed by atoms with Gasteiger partial charge in [0.25, 0.3) is 0 Å². The maximum Gasteiger partial charge on any atom is 0.120 e. The number of ether oxygens (including phenoxy) is 1. The molecule has 2 N–H and O–H groups in total. The molecule has 0 aliphatic heterocycles. The van der Waals surface area contributed by atoms with Crippen molar-refractivity contribution in [3.05, 3.63) is 53.5 Å². The van der Waals surface area contributed by atoms with Crippen molar-refractivity contribution in [3.8, 4) is 5.75 Å². The van der Waals surface area contributed by atoms with Gasteiger partial charge in [-0.3, -0.25) is 0 Å². The van der Waals surface area contributed by atoms with Gasteiger partial charge >= 0.3 is 0 Å². The van der Waals surface area contributed by atoms with Crippen LogP contribution in [0.25, 0.3) is 0 Å². The van der Waals surface area contributed by atoms with E-state index in [0.717, 1.165) is 22.8 Å². The van der Waals surface area contributed by atoms with Crippen molar-refractivity contribution in [2.75, 3.05) is 13.7 Å². The van der Waals surface area contributed by atoms with Gasteiger partial charge in [0, 0.05) is 6.54 Å². The molecule has 4 heteroatoms. The van der Waals surface area contributed by atoms with Gasteiger partial charge in [0.2, 0.25) is 0 Å². The molecule has 0 aliphatic rings. The molecule has 2 atom stereocenters. The summed E-state index contributed by atoms with van der Waals surface area (Å²) in [6, 6.07) is 11.4. The average molecular weight is 275 g/mol. The lowest BCUT2D eigenvalue weighted by molar-refractivity contribution is 0.169. The van der Waals surface area contributed by atoms with E-state index in [1.165, 1.54) is 0 Å². The van der Waals surface area contributed by atoms with Crippen molar-refractivity contribution >= 4 is 0 Å². The highest BCUT2D eigenvalue weighted by Gasteiger charge is 2.12. The summed E-state index contributed by atoms with van der Waals surface area (Å²) in [5.41, 5.74) is 0.862. The van der Waals surface area contributed by atoms with E-state index in [4.69, 9.17) is 9.15 Å². The Bertz CT molecular complexity index is 533. The average Bonchev–Trinajstić information content (AvgIpc) is 2.91. The Morgan fingerprint density at radius 2 is 1.90 bits per heavy atom. The highest BCUT2D eigenvalue weighted by atomic mass is 16.5. The first-order valence-electron chi connectivity index (χ1n) is 6.72. The molecule has 2 rings (SSSR count). The lowest BCUT2D eigenvalue weighted by Crippen LogP contribution is -2.24. The van der Waals surface area contributed by atoms with Gasteiger partial charge in [0.05, 0.1) is 19.3 Å². The highest BCUT2D eigenvalue weighted by molar-refractivity contribution is 5.28. The van der Waals surface area contributed by atoms with Gasteiger partial charge < -0.3 is 19.6 Å². The monoisotopic (exact) mass is 275 g/mol. The van der Waals surface area contributed by atoms with Crippen LogP contribution in [0.3, 0.4) is 0 Å². The zero-order valence-electron chi connectivity index (χ0n) is 12.1. The van der Waals surface area contributed by atoms with Crippen molar-refractivity contribution in [1.82, 2.24) is 5.32 Å². The molecule has 0 saturated heterocycles. The van der Waals surface area contributed by atoms with E-state index in [-0.39, 0.29) is 6.04 Å². The predicted molar refractivity (Wildman–Crippen MR) is 77.8 cm³/mol. The molecule has 20 heavy (non-hydrogen) atoms. The van der Waals surface area contributed by atoms with Crippen LogP contribution in [0.1, 0.15) is 36.2 Å². The second-order valence-corrected chi connectivity index (χ2v) is 4.87. The minimum absolute atomic E-state index is 0.0663. The Kier molecular flexibility index (Phi) is 4.82. The molecular formula is C16H21NO3. The number of rotatable bonds is 6. The molecule has 2 aromatic rings. The normalized spacial score (nSPS) is 14.0. The first-order valence-corrected chi connectivity index (χ1v) is 6.72. The largest absolute Gasteiger partial charge is 0.497 e. The maximum absolute atomic E-state index is 10.2. The van der Waals surface area contributed by atoms with E-state index >= 15 is 0 Å². The van der Waals surface area contributed by atoms with Crippen LogP contribution in [0.2, 0.25) is 0 Å². The maximum atomic E-state index is 10.2. The van der Waals surface area contributed by atoms with Crippen LogP contribution in [-0.2, 0) is 0 Å². The smallest absolute Gasteiger partial charge is 0.120 e. The van der Waals surface area contributed by atoms with E-state index in [1.54, 1.807) is 7.11 Å². The van der Waals surface area contributed by atoms with E-state index in [9.17, 15) is 5.11 Å². The number of aliphatic hydroxyl groups excluding tert-OH is 1. The van der Waals surface area contributed by atoms with Crippen molar-refractivity contribution in [2.45, 2.75) is 26.0 Å². The number of benzene rings is 1. The molecular weight excluding hydrogens is 254 g/mol. The number of hydrogen-bond donors (Lipinski definition) is 2.